The van der Waals surface area contributed by atoms with Crippen LogP contribution in [0, 0.1) is 0 Å². The van der Waals surface area contributed by atoms with E-state index in [0.717, 1.165) is 19.3 Å². The molecule has 0 N–H and O–H groups in total. The Kier molecular flexibility index (Phi) is 1.68. The molecule has 1 aliphatic rings. The molecule has 7 heavy (non-hydrogen) atoms. The third-order valence-corrected chi connectivity index (χ3v) is 2.38. The lowest BCUT2D eigenvalue weighted by molar-refractivity contribution is 0.352. The van der Waals surface area contributed by atoms with Gasteiger partial charge in [-0.25, -0.2) is 4.39 Å². The molecule has 0 spiro atoms. The van der Waals surface area contributed by atoms with Gasteiger partial charge in [-0.1, -0.05) is 15.9 Å². The second kappa shape index (κ2) is 2.12. The summed E-state index contributed by atoms with van der Waals surface area (Å²) in [5.74, 6) is 0. The molecule has 1 aliphatic carbocycles. The molecule has 1 saturated carbocycles. The second-order valence-corrected chi connectivity index (χ2v) is 3.14. The van der Waals surface area contributed by atoms with Gasteiger partial charge in [0, 0.05) is 4.83 Å². The van der Waals surface area contributed by atoms with Gasteiger partial charge in [-0.3, -0.25) is 0 Å². The van der Waals surface area contributed by atoms with E-state index < -0.39 is 6.17 Å². The van der Waals surface area contributed by atoms with Crippen LogP contribution in [-0.2, 0) is 0 Å². The van der Waals surface area contributed by atoms with Crippen LogP contribution >= 0.6 is 15.9 Å². The lowest BCUT2D eigenvalue weighted by atomic mass is 10.3. The van der Waals surface area contributed by atoms with Crippen molar-refractivity contribution in [1.82, 2.24) is 0 Å². The molecule has 0 heterocycles. The topological polar surface area (TPSA) is 0 Å². The van der Waals surface area contributed by atoms with Crippen molar-refractivity contribution in [3.05, 3.63) is 0 Å². The summed E-state index contributed by atoms with van der Waals surface area (Å²) in [5, 5.41) is 0. The Bertz CT molecular complexity index is 57.1. The summed E-state index contributed by atoms with van der Waals surface area (Å²) < 4.78 is 12.3. The molecule has 0 radical (unpaired) electrons. The van der Waals surface area contributed by atoms with E-state index in [1.807, 2.05) is 0 Å². The molecule has 0 nitrogen and oxygen atoms in total. The van der Waals surface area contributed by atoms with Gasteiger partial charge in [0.05, 0.1) is 0 Å². The van der Waals surface area contributed by atoms with Crippen LogP contribution in [0.25, 0.3) is 0 Å². The van der Waals surface area contributed by atoms with E-state index in [2.05, 4.69) is 15.9 Å². The molecule has 2 atom stereocenters. The molecule has 42 valence electrons. The number of halogens is 2. The van der Waals surface area contributed by atoms with Gasteiger partial charge >= 0.3 is 0 Å². The van der Waals surface area contributed by atoms with Crippen LogP contribution in [-0.4, -0.2) is 11.0 Å². The minimum Gasteiger partial charge on any atom is -0.246 e. The van der Waals surface area contributed by atoms with Gasteiger partial charge in [0.1, 0.15) is 6.17 Å². The van der Waals surface area contributed by atoms with Crippen molar-refractivity contribution in [2.45, 2.75) is 30.3 Å². The third-order valence-electron chi connectivity index (χ3n) is 1.35. The first-order valence-electron chi connectivity index (χ1n) is 2.59. The normalized spacial score (nSPS) is 42.0. The Morgan fingerprint density at radius 1 is 1.43 bits per heavy atom. The van der Waals surface area contributed by atoms with Gasteiger partial charge < -0.3 is 0 Å². The third kappa shape index (κ3) is 1.15. The number of rotatable bonds is 0. The minimum atomic E-state index is -0.569. The van der Waals surface area contributed by atoms with Crippen LogP contribution in [0.2, 0.25) is 0 Å². The predicted molar refractivity (Wildman–Crippen MR) is 31.5 cm³/mol. The van der Waals surface area contributed by atoms with Crippen LogP contribution in [0.5, 0.6) is 0 Å². The van der Waals surface area contributed by atoms with Crippen molar-refractivity contribution in [2.75, 3.05) is 0 Å². The first kappa shape index (κ1) is 5.54. The Morgan fingerprint density at radius 2 is 2.14 bits per heavy atom. The number of alkyl halides is 2. The van der Waals surface area contributed by atoms with Gasteiger partial charge in [-0.15, -0.1) is 0 Å². The highest BCUT2D eigenvalue weighted by atomic mass is 79.9. The van der Waals surface area contributed by atoms with Crippen molar-refractivity contribution in [3.8, 4) is 0 Å². The maximum absolute atomic E-state index is 12.3. The van der Waals surface area contributed by atoms with Crippen molar-refractivity contribution in [2.24, 2.45) is 0 Å². The highest BCUT2D eigenvalue weighted by Gasteiger charge is 2.23. The summed E-state index contributed by atoms with van der Waals surface area (Å²) in [4.78, 5) is 0.160. The van der Waals surface area contributed by atoms with E-state index in [0.29, 0.717) is 0 Å². The molecule has 0 bridgehead atoms. The van der Waals surface area contributed by atoms with Crippen molar-refractivity contribution in [1.29, 1.82) is 0 Å². The highest BCUT2D eigenvalue weighted by molar-refractivity contribution is 9.09. The van der Waals surface area contributed by atoms with Crippen LogP contribution in [0.3, 0.4) is 0 Å². The fraction of sp³-hybridized carbons (Fsp3) is 1.00. The molecule has 0 aromatic heterocycles. The van der Waals surface area contributed by atoms with Gasteiger partial charge in [0.15, 0.2) is 0 Å². The first-order chi connectivity index (χ1) is 3.30. The van der Waals surface area contributed by atoms with E-state index in [-0.39, 0.29) is 4.83 Å². The molecule has 0 unspecified atom stereocenters. The maximum atomic E-state index is 12.3. The first-order valence-corrected chi connectivity index (χ1v) is 3.50. The summed E-state index contributed by atoms with van der Waals surface area (Å²) in [6.45, 7) is 0. The van der Waals surface area contributed by atoms with Crippen molar-refractivity contribution in [3.63, 3.8) is 0 Å². The Hall–Kier alpha value is 0.410. The largest absolute Gasteiger partial charge is 0.246 e. The molecule has 0 aromatic carbocycles. The zero-order valence-corrected chi connectivity index (χ0v) is 5.62. The lowest BCUT2D eigenvalue weighted by Gasteiger charge is -1.98. The molecule has 0 aromatic rings. The average molecular weight is 167 g/mol. The van der Waals surface area contributed by atoms with E-state index in [1.54, 1.807) is 0 Å². The van der Waals surface area contributed by atoms with Gasteiger partial charge in [-0.05, 0) is 19.3 Å². The fourth-order valence-electron chi connectivity index (χ4n) is 0.870. The van der Waals surface area contributed by atoms with Gasteiger partial charge in [0.2, 0.25) is 0 Å². The number of hydrogen-bond donors (Lipinski definition) is 0. The fourth-order valence-corrected chi connectivity index (χ4v) is 1.46. The van der Waals surface area contributed by atoms with E-state index in [4.69, 9.17) is 0 Å². The van der Waals surface area contributed by atoms with E-state index in [9.17, 15) is 4.39 Å². The minimum absolute atomic E-state index is 0.160. The highest BCUT2D eigenvalue weighted by Crippen LogP contribution is 2.27. The summed E-state index contributed by atoms with van der Waals surface area (Å²) >= 11 is 3.23. The molecule has 0 aliphatic heterocycles. The second-order valence-electron chi connectivity index (χ2n) is 1.96. The summed E-state index contributed by atoms with van der Waals surface area (Å²) in [5.41, 5.74) is 0. The van der Waals surface area contributed by atoms with E-state index in [1.165, 1.54) is 0 Å². The van der Waals surface area contributed by atoms with Crippen LogP contribution in [0.4, 0.5) is 4.39 Å². The zero-order chi connectivity index (χ0) is 5.28. The lowest BCUT2D eigenvalue weighted by Crippen LogP contribution is -2.04. The quantitative estimate of drug-likeness (QED) is 0.485. The van der Waals surface area contributed by atoms with E-state index >= 15 is 0 Å². The summed E-state index contributed by atoms with van der Waals surface area (Å²) in [6, 6.07) is 0. The van der Waals surface area contributed by atoms with Crippen LogP contribution in [0.1, 0.15) is 19.3 Å². The SMILES string of the molecule is F[C@H]1CCC[C@@H]1Br. The number of hydrogen-bond acceptors (Lipinski definition) is 0. The van der Waals surface area contributed by atoms with Crippen molar-refractivity contribution >= 4 is 15.9 Å². The van der Waals surface area contributed by atoms with Gasteiger partial charge in [-0.2, -0.15) is 0 Å². The molecule has 1 rings (SSSR count). The standard InChI is InChI=1S/C5H8BrF/c6-4-2-1-3-5(4)7/h4-5H,1-3H2/t4-,5-/m0/s1. The Labute approximate surface area is 51.2 Å². The average Bonchev–Trinajstić information content (AvgIpc) is 1.91. The Balaban J connectivity index is 2.33. The van der Waals surface area contributed by atoms with Crippen LogP contribution < -0.4 is 0 Å². The molecular formula is C5H8BrF. The summed E-state index contributed by atoms with van der Waals surface area (Å²) in [7, 11) is 0. The van der Waals surface area contributed by atoms with Gasteiger partial charge in [0.25, 0.3) is 0 Å². The molecule has 0 amide bonds. The van der Waals surface area contributed by atoms with Crippen molar-refractivity contribution < 1.29 is 4.39 Å². The Morgan fingerprint density at radius 3 is 2.29 bits per heavy atom. The predicted octanol–water partition coefficient (Wildman–Crippen LogP) is 2.27. The maximum Gasteiger partial charge on any atom is 0.113 e. The summed E-state index contributed by atoms with van der Waals surface area (Å²) in [6.07, 6.45) is 2.26. The van der Waals surface area contributed by atoms with Crippen LogP contribution in [0.15, 0.2) is 0 Å². The molecule has 2 heteroatoms. The monoisotopic (exact) mass is 166 g/mol. The molecular weight excluding hydrogens is 159 g/mol. The molecule has 1 fully saturated rings. The smallest absolute Gasteiger partial charge is 0.113 e. The molecule has 0 saturated heterocycles. The zero-order valence-electron chi connectivity index (χ0n) is 4.03.